The van der Waals surface area contributed by atoms with Crippen molar-refractivity contribution < 1.29 is 9.90 Å². The Morgan fingerprint density at radius 3 is 2.20 bits per heavy atom. The lowest BCUT2D eigenvalue weighted by molar-refractivity contribution is 0.0697. The topological polar surface area (TPSA) is 50.2 Å². The maximum absolute atomic E-state index is 11.3. The normalized spacial score (nSPS) is 9.10. The van der Waals surface area contributed by atoms with Gasteiger partial charge in [-0.05, 0) is 25.0 Å². The molecule has 110 valence electrons. The summed E-state index contributed by atoms with van der Waals surface area (Å²) >= 11 is 0. The molecule has 1 aromatic carbocycles. The number of benzene rings is 1. The second-order valence-electron chi connectivity index (χ2n) is 3.73. The zero-order valence-electron chi connectivity index (χ0n) is 13.3. The molecular formula is C17H25NO2. The molecule has 0 fully saturated rings. The Morgan fingerprint density at radius 2 is 1.70 bits per heavy atom. The Morgan fingerprint density at radius 1 is 1.15 bits per heavy atom. The van der Waals surface area contributed by atoms with E-state index in [1.807, 2.05) is 65.8 Å². The van der Waals surface area contributed by atoms with Crippen molar-refractivity contribution in [2.24, 2.45) is 0 Å². The van der Waals surface area contributed by atoms with E-state index in [0.29, 0.717) is 12.0 Å². The third kappa shape index (κ3) is 3.80. The van der Waals surface area contributed by atoms with Crippen molar-refractivity contribution >= 4 is 16.9 Å². The third-order valence-electron chi connectivity index (χ3n) is 2.77. The average molecular weight is 275 g/mol. The molecule has 0 amide bonds. The molecular weight excluding hydrogens is 250 g/mol. The van der Waals surface area contributed by atoms with Gasteiger partial charge in [0.2, 0.25) is 0 Å². The molecule has 3 heteroatoms. The lowest BCUT2D eigenvalue weighted by Crippen LogP contribution is -2.06. The number of carboxylic acid groups (broad SMARTS) is 1. The maximum Gasteiger partial charge on any atom is 0.336 e. The first kappa shape index (κ1) is 18.1. The highest BCUT2D eigenvalue weighted by atomic mass is 16.4. The molecule has 1 aromatic heterocycles. The van der Waals surface area contributed by atoms with Crippen LogP contribution in [0.3, 0.4) is 0 Å². The van der Waals surface area contributed by atoms with E-state index in [9.17, 15) is 9.90 Å². The third-order valence-corrected chi connectivity index (χ3v) is 2.77. The second kappa shape index (κ2) is 9.08. The Balaban J connectivity index is 0.000000829. The van der Waals surface area contributed by atoms with Crippen molar-refractivity contribution in [1.29, 1.82) is 0 Å². The first-order valence-electron chi connectivity index (χ1n) is 7.26. The van der Waals surface area contributed by atoms with Gasteiger partial charge < -0.3 is 5.11 Å². The van der Waals surface area contributed by atoms with Gasteiger partial charge in [-0.2, -0.15) is 0 Å². The van der Waals surface area contributed by atoms with Crippen LogP contribution in [0.2, 0.25) is 0 Å². The van der Waals surface area contributed by atoms with Crippen molar-refractivity contribution in [3.63, 3.8) is 0 Å². The summed E-state index contributed by atoms with van der Waals surface area (Å²) in [4.78, 5) is 15.7. The van der Waals surface area contributed by atoms with Crippen LogP contribution in [0.4, 0.5) is 0 Å². The van der Waals surface area contributed by atoms with Crippen LogP contribution in [-0.2, 0) is 6.42 Å². The molecule has 20 heavy (non-hydrogen) atoms. The maximum atomic E-state index is 11.3. The fourth-order valence-corrected chi connectivity index (χ4v) is 2.05. The predicted octanol–water partition coefficient (Wildman–Crippen LogP) is 4.86. The first-order chi connectivity index (χ1) is 9.65. The molecule has 2 rings (SSSR count). The van der Waals surface area contributed by atoms with Crippen molar-refractivity contribution in [1.82, 2.24) is 4.98 Å². The standard InChI is InChI=1S/C13H13NO2.2C2H6/c1-3-9-8(2)14-11-7-5-4-6-10(11)12(9)13(15)16;2*1-2/h4-7H,3H2,1-2H3,(H,15,16);2*1-2H3. The molecule has 0 unspecified atom stereocenters. The summed E-state index contributed by atoms with van der Waals surface area (Å²) in [7, 11) is 0. The quantitative estimate of drug-likeness (QED) is 0.851. The number of aromatic nitrogens is 1. The Kier molecular flexibility index (Phi) is 8.21. The summed E-state index contributed by atoms with van der Waals surface area (Å²) in [5.41, 5.74) is 2.77. The average Bonchev–Trinajstić information content (AvgIpc) is 2.49. The van der Waals surface area contributed by atoms with Crippen LogP contribution in [0.1, 0.15) is 56.2 Å². The van der Waals surface area contributed by atoms with E-state index in [0.717, 1.165) is 22.2 Å². The molecule has 3 nitrogen and oxygen atoms in total. The first-order valence-corrected chi connectivity index (χ1v) is 7.26. The van der Waals surface area contributed by atoms with E-state index in [1.54, 1.807) is 0 Å². The molecule has 0 saturated carbocycles. The number of pyridine rings is 1. The number of rotatable bonds is 2. The number of hydrogen-bond acceptors (Lipinski definition) is 2. The number of aromatic carboxylic acids is 1. The molecule has 0 radical (unpaired) electrons. The van der Waals surface area contributed by atoms with E-state index in [1.165, 1.54) is 0 Å². The van der Waals surface area contributed by atoms with Crippen molar-refractivity contribution in [2.75, 3.05) is 0 Å². The van der Waals surface area contributed by atoms with E-state index in [2.05, 4.69) is 4.98 Å². The zero-order valence-corrected chi connectivity index (χ0v) is 13.3. The molecule has 0 bridgehead atoms. The Labute approximate surface area is 121 Å². The van der Waals surface area contributed by atoms with Crippen LogP contribution >= 0.6 is 0 Å². The molecule has 0 spiro atoms. The van der Waals surface area contributed by atoms with Crippen LogP contribution in [0.15, 0.2) is 24.3 Å². The summed E-state index contributed by atoms with van der Waals surface area (Å²) in [6.45, 7) is 11.8. The number of nitrogens with zero attached hydrogens (tertiary/aromatic N) is 1. The van der Waals surface area contributed by atoms with Gasteiger partial charge in [0.05, 0.1) is 11.1 Å². The van der Waals surface area contributed by atoms with Gasteiger partial charge in [-0.3, -0.25) is 4.98 Å². The van der Waals surface area contributed by atoms with Crippen LogP contribution in [0, 0.1) is 6.92 Å². The predicted molar refractivity (Wildman–Crippen MR) is 85.5 cm³/mol. The van der Waals surface area contributed by atoms with E-state index in [4.69, 9.17) is 0 Å². The molecule has 0 aliphatic carbocycles. The van der Waals surface area contributed by atoms with Gasteiger partial charge in [0, 0.05) is 11.1 Å². The minimum Gasteiger partial charge on any atom is -0.478 e. The van der Waals surface area contributed by atoms with E-state index in [-0.39, 0.29) is 0 Å². The van der Waals surface area contributed by atoms with Crippen LogP contribution < -0.4 is 0 Å². The molecule has 2 aromatic rings. The van der Waals surface area contributed by atoms with Gasteiger partial charge in [-0.1, -0.05) is 52.8 Å². The van der Waals surface area contributed by atoms with Gasteiger partial charge >= 0.3 is 5.97 Å². The Bertz CT molecular complexity index is 562. The fourth-order valence-electron chi connectivity index (χ4n) is 2.05. The lowest BCUT2D eigenvalue weighted by atomic mass is 9.99. The van der Waals surface area contributed by atoms with Gasteiger partial charge in [-0.25, -0.2) is 4.79 Å². The van der Waals surface area contributed by atoms with Crippen LogP contribution in [0.5, 0.6) is 0 Å². The van der Waals surface area contributed by atoms with Gasteiger partial charge in [0.1, 0.15) is 0 Å². The number of carboxylic acids is 1. The van der Waals surface area contributed by atoms with Crippen LogP contribution in [0.25, 0.3) is 10.9 Å². The van der Waals surface area contributed by atoms with E-state index >= 15 is 0 Å². The fraction of sp³-hybridized carbons (Fsp3) is 0.412. The minimum atomic E-state index is -0.876. The van der Waals surface area contributed by atoms with Crippen molar-refractivity contribution in [2.45, 2.75) is 48.0 Å². The number of para-hydroxylation sites is 1. The summed E-state index contributed by atoms with van der Waals surface area (Å²) in [6.07, 6.45) is 0.686. The SMILES string of the molecule is CC.CC.CCc1c(C)nc2ccccc2c1C(=O)O. The summed E-state index contributed by atoms with van der Waals surface area (Å²) < 4.78 is 0. The van der Waals surface area contributed by atoms with Crippen LogP contribution in [-0.4, -0.2) is 16.1 Å². The second-order valence-corrected chi connectivity index (χ2v) is 3.73. The molecule has 1 heterocycles. The summed E-state index contributed by atoms with van der Waals surface area (Å²) in [6, 6.07) is 7.36. The summed E-state index contributed by atoms with van der Waals surface area (Å²) in [5, 5.41) is 10.0. The number of hydrogen-bond donors (Lipinski definition) is 1. The van der Waals surface area contributed by atoms with Gasteiger partial charge in [-0.15, -0.1) is 0 Å². The van der Waals surface area contributed by atoms with Crippen molar-refractivity contribution in [3.05, 3.63) is 41.1 Å². The molecule has 0 aliphatic rings. The summed E-state index contributed by atoms with van der Waals surface area (Å²) in [5.74, 6) is -0.876. The van der Waals surface area contributed by atoms with E-state index < -0.39 is 5.97 Å². The Hall–Kier alpha value is -1.90. The molecule has 0 aliphatic heterocycles. The van der Waals surface area contributed by atoms with Gasteiger partial charge in [0.25, 0.3) is 0 Å². The number of aryl methyl sites for hydroxylation is 1. The smallest absolute Gasteiger partial charge is 0.336 e. The number of carbonyl (C=O) groups is 1. The highest BCUT2D eigenvalue weighted by Gasteiger charge is 2.16. The largest absolute Gasteiger partial charge is 0.478 e. The molecule has 1 N–H and O–H groups in total. The minimum absolute atomic E-state index is 0.394. The number of fused-ring (bicyclic) bond motifs is 1. The van der Waals surface area contributed by atoms with Gasteiger partial charge in [0.15, 0.2) is 0 Å². The monoisotopic (exact) mass is 275 g/mol. The highest BCUT2D eigenvalue weighted by Crippen LogP contribution is 2.23. The zero-order chi connectivity index (χ0) is 15.7. The highest BCUT2D eigenvalue weighted by molar-refractivity contribution is 6.04. The molecule has 0 atom stereocenters. The van der Waals surface area contributed by atoms with Crippen molar-refractivity contribution in [3.8, 4) is 0 Å². The lowest BCUT2D eigenvalue weighted by Gasteiger charge is -2.10. The molecule has 0 saturated heterocycles.